The normalized spacial score (nSPS) is 14.7. The first-order valence-electron chi connectivity index (χ1n) is 9.78. The number of benzene rings is 2. The Morgan fingerprint density at radius 2 is 1.87 bits per heavy atom. The van der Waals surface area contributed by atoms with Gasteiger partial charge < -0.3 is 9.64 Å². The van der Waals surface area contributed by atoms with Crippen LogP contribution in [0.15, 0.2) is 48.5 Å². The summed E-state index contributed by atoms with van der Waals surface area (Å²) in [6.45, 7) is 3.28. The van der Waals surface area contributed by atoms with E-state index in [2.05, 4.69) is 20.4 Å². The van der Waals surface area contributed by atoms with Crippen molar-refractivity contribution in [2.75, 3.05) is 33.3 Å². The monoisotopic (exact) mass is 410 g/mol. The summed E-state index contributed by atoms with van der Waals surface area (Å²) in [6, 6.07) is 13.7. The summed E-state index contributed by atoms with van der Waals surface area (Å²) in [7, 11) is 1.62. The molecule has 0 radical (unpaired) electrons. The molecule has 0 bridgehead atoms. The lowest BCUT2D eigenvalue weighted by Gasteiger charge is -2.34. The van der Waals surface area contributed by atoms with Gasteiger partial charge in [-0.15, -0.1) is 5.10 Å². The lowest BCUT2D eigenvalue weighted by atomic mass is 10.1. The van der Waals surface area contributed by atoms with Gasteiger partial charge in [-0.05, 0) is 46.3 Å². The number of carbonyl (C=O) groups is 1. The Labute approximate surface area is 173 Å². The maximum absolute atomic E-state index is 13.5. The maximum atomic E-state index is 13.5. The number of hydrogen-bond donors (Lipinski definition) is 0. The fraction of sp³-hybridized carbons (Fsp3) is 0.333. The third-order valence-corrected chi connectivity index (χ3v) is 5.19. The minimum atomic E-state index is -0.335. The van der Waals surface area contributed by atoms with E-state index in [0.29, 0.717) is 37.6 Å². The molecule has 156 valence electrons. The van der Waals surface area contributed by atoms with Crippen molar-refractivity contribution < 1.29 is 13.9 Å². The number of amides is 1. The molecule has 2 aromatic carbocycles. The Morgan fingerprint density at radius 3 is 2.57 bits per heavy atom. The second-order valence-electron chi connectivity index (χ2n) is 7.17. The Balaban J connectivity index is 1.32. The molecule has 8 nitrogen and oxygen atoms in total. The van der Waals surface area contributed by atoms with Crippen molar-refractivity contribution in [3.63, 3.8) is 0 Å². The number of halogens is 1. The van der Waals surface area contributed by atoms with E-state index in [1.807, 2.05) is 29.2 Å². The number of hydrogen-bond acceptors (Lipinski definition) is 6. The summed E-state index contributed by atoms with van der Waals surface area (Å²) in [6.07, 6.45) is 0.377. The first-order valence-corrected chi connectivity index (χ1v) is 9.78. The van der Waals surface area contributed by atoms with E-state index >= 15 is 0 Å². The highest BCUT2D eigenvalue weighted by Crippen LogP contribution is 2.15. The summed E-state index contributed by atoms with van der Waals surface area (Å²) >= 11 is 0. The van der Waals surface area contributed by atoms with Crippen LogP contribution in [0.4, 0.5) is 4.39 Å². The van der Waals surface area contributed by atoms with Crippen molar-refractivity contribution in [1.82, 2.24) is 30.0 Å². The Kier molecular flexibility index (Phi) is 5.99. The molecule has 0 atom stereocenters. The van der Waals surface area contributed by atoms with Crippen LogP contribution in [0.25, 0.3) is 5.69 Å². The van der Waals surface area contributed by atoms with Crippen LogP contribution in [0.1, 0.15) is 11.4 Å². The smallest absolute Gasteiger partial charge is 0.227 e. The molecule has 0 saturated carbocycles. The Bertz CT molecular complexity index is 999. The molecule has 0 N–H and O–H groups in total. The van der Waals surface area contributed by atoms with Crippen molar-refractivity contribution in [3.8, 4) is 11.4 Å². The maximum Gasteiger partial charge on any atom is 0.227 e. The van der Waals surface area contributed by atoms with Gasteiger partial charge >= 0.3 is 0 Å². The van der Waals surface area contributed by atoms with Gasteiger partial charge in [-0.2, -0.15) is 4.68 Å². The van der Waals surface area contributed by atoms with Crippen molar-refractivity contribution in [2.45, 2.75) is 13.0 Å². The molecule has 1 amide bonds. The van der Waals surface area contributed by atoms with Crippen LogP contribution in [0, 0.1) is 5.82 Å². The number of nitrogens with zero attached hydrogens (tertiary/aromatic N) is 6. The minimum Gasteiger partial charge on any atom is -0.497 e. The number of carbonyl (C=O) groups excluding carboxylic acids is 1. The molecule has 9 heteroatoms. The van der Waals surface area contributed by atoms with Crippen LogP contribution in [0.5, 0.6) is 5.75 Å². The molecule has 4 rings (SSSR count). The van der Waals surface area contributed by atoms with Gasteiger partial charge in [-0.1, -0.05) is 18.2 Å². The van der Waals surface area contributed by atoms with Crippen LogP contribution in [0.2, 0.25) is 0 Å². The largest absolute Gasteiger partial charge is 0.497 e. The predicted octanol–water partition coefficient (Wildman–Crippen LogP) is 1.70. The van der Waals surface area contributed by atoms with Crippen LogP contribution >= 0.6 is 0 Å². The number of ether oxygens (including phenoxy) is 1. The fourth-order valence-electron chi connectivity index (χ4n) is 3.50. The van der Waals surface area contributed by atoms with E-state index < -0.39 is 0 Å². The third-order valence-electron chi connectivity index (χ3n) is 5.19. The molecular weight excluding hydrogens is 387 g/mol. The molecule has 0 spiro atoms. The van der Waals surface area contributed by atoms with Gasteiger partial charge in [-0.25, -0.2) is 4.39 Å². The van der Waals surface area contributed by atoms with E-state index in [0.717, 1.165) is 24.4 Å². The summed E-state index contributed by atoms with van der Waals surface area (Å²) < 4.78 is 20.2. The summed E-state index contributed by atoms with van der Waals surface area (Å²) in [5.41, 5.74) is 1.56. The Hall–Kier alpha value is -3.33. The first-order chi connectivity index (χ1) is 14.6. The van der Waals surface area contributed by atoms with Gasteiger partial charge in [0, 0.05) is 26.2 Å². The quantitative estimate of drug-likeness (QED) is 0.616. The topological polar surface area (TPSA) is 76.4 Å². The SMILES string of the molecule is COc1ccc(CC(=O)N2CCN(Cc3nnnn3-c3cccc(F)c3)CC2)cc1. The van der Waals surface area contributed by atoms with E-state index in [9.17, 15) is 9.18 Å². The molecule has 30 heavy (non-hydrogen) atoms. The zero-order valence-corrected chi connectivity index (χ0v) is 16.7. The molecule has 1 aromatic heterocycles. The summed E-state index contributed by atoms with van der Waals surface area (Å²) in [4.78, 5) is 16.7. The molecule has 2 heterocycles. The number of tetrazole rings is 1. The standard InChI is InChI=1S/C21H23FN6O2/c1-30-19-7-5-16(6-8-19)13-21(29)27-11-9-26(10-12-27)15-20-23-24-25-28(20)18-4-2-3-17(22)14-18/h2-8,14H,9-13,15H2,1H3. The third kappa shape index (κ3) is 4.62. The molecule has 1 aliphatic heterocycles. The summed E-state index contributed by atoms with van der Waals surface area (Å²) in [5.74, 6) is 1.20. The van der Waals surface area contributed by atoms with Gasteiger partial charge in [0.05, 0.1) is 25.8 Å². The molecule has 1 aliphatic rings. The second-order valence-corrected chi connectivity index (χ2v) is 7.17. The van der Waals surface area contributed by atoms with E-state index in [-0.39, 0.29) is 11.7 Å². The highest BCUT2D eigenvalue weighted by molar-refractivity contribution is 5.79. The van der Waals surface area contributed by atoms with Crippen molar-refractivity contribution in [1.29, 1.82) is 0 Å². The zero-order valence-electron chi connectivity index (χ0n) is 16.7. The van der Waals surface area contributed by atoms with Crippen LogP contribution < -0.4 is 4.74 Å². The number of piperazine rings is 1. The summed E-state index contributed by atoms with van der Waals surface area (Å²) in [5, 5.41) is 11.8. The lowest BCUT2D eigenvalue weighted by Crippen LogP contribution is -2.48. The van der Waals surface area contributed by atoms with Gasteiger partial charge in [-0.3, -0.25) is 9.69 Å². The molecule has 1 saturated heterocycles. The van der Waals surface area contributed by atoms with Crippen LogP contribution in [-0.2, 0) is 17.8 Å². The first kappa shape index (κ1) is 20.0. The van der Waals surface area contributed by atoms with Crippen molar-refractivity contribution in [2.24, 2.45) is 0 Å². The lowest BCUT2D eigenvalue weighted by molar-refractivity contribution is -0.132. The minimum absolute atomic E-state index is 0.115. The highest BCUT2D eigenvalue weighted by atomic mass is 19.1. The van der Waals surface area contributed by atoms with Crippen LogP contribution in [-0.4, -0.2) is 69.2 Å². The van der Waals surface area contributed by atoms with E-state index in [4.69, 9.17) is 4.74 Å². The number of rotatable bonds is 6. The zero-order chi connectivity index (χ0) is 20.9. The number of methoxy groups -OCH3 is 1. The van der Waals surface area contributed by atoms with Crippen molar-refractivity contribution >= 4 is 5.91 Å². The van der Waals surface area contributed by atoms with E-state index in [1.165, 1.54) is 12.1 Å². The van der Waals surface area contributed by atoms with Crippen molar-refractivity contribution in [3.05, 3.63) is 65.7 Å². The fourth-order valence-corrected chi connectivity index (χ4v) is 3.50. The second kappa shape index (κ2) is 9.00. The Morgan fingerprint density at radius 1 is 1.10 bits per heavy atom. The average molecular weight is 410 g/mol. The molecule has 0 aliphatic carbocycles. The molecular formula is C21H23FN6O2. The predicted molar refractivity (Wildman–Crippen MR) is 108 cm³/mol. The highest BCUT2D eigenvalue weighted by Gasteiger charge is 2.23. The van der Waals surface area contributed by atoms with Gasteiger partial charge in [0.1, 0.15) is 11.6 Å². The van der Waals surface area contributed by atoms with Gasteiger partial charge in [0.15, 0.2) is 5.82 Å². The van der Waals surface area contributed by atoms with Crippen LogP contribution in [0.3, 0.4) is 0 Å². The molecule has 0 unspecified atom stereocenters. The van der Waals surface area contributed by atoms with Gasteiger partial charge in [0.25, 0.3) is 0 Å². The molecule has 1 fully saturated rings. The molecule has 3 aromatic rings. The average Bonchev–Trinajstić information content (AvgIpc) is 3.23. The van der Waals surface area contributed by atoms with E-state index in [1.54, 1.807) is 23.9 Å². The van der Waals surface area contributed by atoms with Gasteiger partial charge in [0.2, 0.25) is 5.91 Å². The number of aromatic nitrogens is 4.